The smallest absolute Gasteiger partial charge is 0.339 e. The van der Waals surface area contributed by atoms with E-state index in [1.807, 2.05) is 0 Å². The van der Waals surface area contributed by atoms with Crippen molar-refractivity contribution in [1.82, 2.24) is 9.13 Å². The van der Waals surface area contributed by atoms with Gasteiger partial charge in [-0.05, 0) is 0 Å². The molecule has 1 rings (SSSR count). The van der Waals surface area contributed by atoms with E-state index in [2.05, 4.69) is 9.47 Å². The Kier molecular flexibility index (Phi) is 5.21. The van der Waals surface area contributed by atoms with Crippen LogP contribution in [0.4, 0.5) is 0 Å². The average molecular weight is 280 g/mol. The fourth-order valence-corrected chi connectivity index (χ4v) is 1.17. The first kappa shape index (κ1) is 15.2. The molecule has 8 nitrogen and oxygen atoms in total. The van der Waals surface area contributed by atoms with Crippen LogP contribution in [0.15, 0.2) is 34.0 Å². The number of aromatic nitrogens is 2. The molecule has 0 spiro atoms. The Balaban J connectivity index is 3.21. The standard InChI is InChI=1S/C12H12N2O6/c1-19-10(16)4-7-13-6-3-9(15)14(12(13)18)8-5-11(17)20-2/h3-8H,1-2H3/b7-4+,8-5+. The second-order valence-corrected chi connectivity index (χ2v) is 3.39. The van der Waals surface area contributed by atoms with Gasteiger partial charge in [0.2, 0.25) is 0 Å². The quantitative estimate of drug-likeness (QED) is 0.534. The van der Waals surface area contributed by atoms with Crippen LogP contribution in [0.1, 0.15) is 0 Å². The minimum absolute atomic E-state index is 0.627. The van der Waals surface area contributed by atoms with Crippen LogP contribution in [0.5, 0.6) is 0 Å². The van der Waals surface area contributed by atoms with E-state index in [0.717, 1.165) is 42.3 Å². The summed E-state index contributed by atoms with van der Waals surface area (Å²) in [6.07, 6.45) is 5.25. The van der Waals surface area contributed by atoms with E-state index in [1.165, 1.54) is 13.3 Å². The van der Waals surface area contributed by atoms with Gasteiger partial charge in [-0.15, -0.1) is 0 Å². The van der Waals surface area contributed by atoms with E-state index in [-0.39, 0.29) is 0 Å². The lowest BCUT2D eigenvalue weighted by Gasteiger charge is -2.01. The molecule has 0 saturated carbocycles. The van der Waals surface area contributed by atoms with Crippen molar-refractivity contribution in [2.45, 2.75) is 0 Å². The largest absolute Gasteiger partial charge is 0.466 e. The highest BCUT2D eigenvalue weighted by Crippen LogP contribution is 1.86. The molecule has 1 aromatic heterocycles. The van der Waals surface area contributed by atoms with Crippen molar-refractivity contribution in [3.8, 4) is 0 Å². The third-order valence-corrected chi connectivity index (χ3v) is 2.18. The Morgan fingerprint density at radius 1 is 1.05 bits per heavy atom. The van der Waals surface area contributed by atoms with Crippen molar-refractivity contribution in [2.24, 2.45) is 0 Å². The van der Waals surface area contributed by atoms with Crippen LogP contribution in [-0.2, 0) is 19.1 Å². The Bertz CT molecular complexity index is 680. The highest BCUT2D eigenvalue weighted by atomic mass is 16.5. The number of hydrogen-bond donors (Lipinski definition) is 0. The van der Waals surface area contributed by atoms with Gasteiger partial charge in [-0.25, -0.2) is 19.0 Å². The Morgan fingerprint density at radius 2 is 1.60 bits per heavy atom. The molecule has 0 aliphatic heterocycles. The van der Waals surface area contributed by atoms with Gasteiger partial charge in [0.05, 0.1) is 14.2 Å². The van der Waals surface area contributed by atoms with Crippen LogP contribution in [0.3, 0.4) is 0 Å². The Hall–Kier alpha value is -2.90. The highest BCUT2D eigenvalue weighted by Gasteiger charge is 2.02. The topological polar surface area (TPSA) is 96.6 Å². The van der Waals surface area contributed by atoms with Crippen LogP contribution >= 0.6 is 0 Å². The molecular formula is C12H12N2O6. The van der Waals surface area contributed by atoms with E-state index in [4.69, 9.17) is 0 Å². The second-order valence-electron chi connectivity index (χ2n) is 3.39. The molecule has 0 radical (unpaired) electrons. The minimum atomic E-state index is -0.752. The summed E-state index contributed by atoms with van der Waals surface area (Å²) in [5.41, 5.74) is -1.38. The Labute approximate surface area is 113 Å². The normalized spacial score (nSPS) is 10.9. The highest BCUT2D eigenvalue weighted by molar-refractivity contribution is 5.85. The third kappa shape index (κ3) is 3.80. The SMILES string of the molecule is COC(=O)/C=C/n1ccc(=O)n(/C=C/C(=O)OC)c1=O. The maximum Gasteiger partial charge on any atom is 0.339 e. The summed E-state index contributed by atoms with van der Waals surface area (Å²) in [6.45, 7) is 0. The van der Waals surface area contributed by atoms with Crippen molar-refractivity contribution in [3.63, 3.8) is 0 Å². The zero-order valence-corrected chi connectivity index (χ0v) is 10.8. The van der Waals surface area contributed by atoms with Gasteiger partial charge < -0.3 is 9.47 Å². The molecule has 0 unspecified atom stereocenters. The average Bonchev–Trinajstić information content (AvgIpc) is 2.45. The molecule has 8 heteroatoms. The van der Waals surface area contributed by atoms with Crippen LogP contribution < -0.4 is 11.2 Å². The molecular weight excluding hydrogens is 268 g/mol. The van der Waals surface area contributed by atoms with Gasteiger partial charge in [0, 0.05) is 36.8 Å². The zero-order valence-electron chi connectivity index (χ0n) is 10.8. The first-order chi connectivity index (χ1) is 9.49. The maximum absolute atomic E-state index is 11.9. The summed E-state index contributed by atoms with van der Waals surface area (Å²) in [7, 11) is 2.35. The minimum Gasteiger partial charge on any atom is -0.466 e. The third-order valence-electron chi connectivity index (χ3n) is 2.18. The van der Waals surface area contributed by atoms with Gasteiger partial charge in [0.1, 0.15) is 0 Å². The van der Waals surface area contributed by atoms with Crippen LogP contribution in [-0.4, -0.2) is 35.3 Å². The van der Waals surface area contributed by atoms with Crippen molar-refractivity contribution in [3.05, 3.63) is 45.3 Å². The van der Waals surface area contributed by atoms with Gasteiger partial charge in [0.15, 0.2) is 0 Å². The summed E-state index contributed by atoms with van der Waals surface area (Å²) in [5, 5.41) is 0. The van der Waals surface area contributed by atoms with Gasteiger partial charge in [-0.3, -0.25) is 9.36 Å². The molecule has 0 amide bonds. The molecule has 0 atom stereocenters. The summed E-state index contributed by atoms with van der Waals surface area (Å²) in [4.78, 5) is 45.3. The maximum atomic E-state index is 11.9. The van der Waals surface area contributed by atoms with Gasteiger partial charge in [-0.2, -0.15) is 0 Å². The van der Waals surface area contributed by atoms with Crippen molar-refractivity contribution < 1.29 is 19.1 Å². The molecule has 0 fully saturated rings. The fraction of sp³-hybridized carbons (Fsp3) is 0.167. The van der Waals surface area contributed by atoms with Crippen molar-refractivity contribution >= 4 is 24.3 Å². The van der Waals surface area contributed by atoms with Crippen LogP contribution in [0, 0.1) is 0 Å². The molecule has 0 aromatic carbocycles. The van der Waals surface area contributed by atoms with Crippen molar-refractivity contribution in [1.29, 1.82) is 0 Å². The lowest BCUT2D eigenvalue weighted by Crippen LogP contribution is -2.34. The van der Waals surface area contributed by atoms with Gasteiger partial charge in [-0.1, -0.05) is 0 Å². The number of hydrogen-bond acceptors (Lipinski definition) is 6. The van der Waals surface area contributed by atoms with Crippen LogP contribution in [0.2, 0.25) is 0 Å². The zero-order chi connectivity index (χ0) is 15.1. The number of carbonyl (C=O) groups is 2. The summed E-state index contributed by atoms with van der Waals surface area (Å²) in [5.74, 6) is -1.36. The number of methoxy groups -OCH3 is 2. The Morgan fingerprint density at radius 3 is 2.15 bits per heavy atom. The van der Waals surface area contributed by atoms with E-state index in [1.54, 1.807) is 0 Å². The number of rotatable bonds is 4. The first-order valence-electron chi connectivity index (χ1n) is 5.35. The van der Waals surface area contributed by atoms with E-state index < -0.39 is 23.2 Å². The molecule has 0 saturated heterocycles. The van der Waals surface area contributed by atoms with Crippen molar-refractivity contribution in [2.75, 3.05) is 14.2 Å². The fourth-order valence-electron chi connectivity index (χ4n) is 1.17. The van der Waals surface area contributed by atoms with Gasteiger partial charge in [0.25, 0.3) is 5.56 Å². The molecule has 1 heterocycles. The van der Waals surface area contributed by atoms with Gasteiger partial charge >= 0.3 is 17.6 Å². The van der Waals surface area contributed by atoms with E-state index >= 15 is 0 Å². The lowest BCUT2D eigenvalue weighted by atomic mass is 10.5. The molecule has 0 N–H and O–H groups in total. The number of esters is 2. The molecule has 0 bridgehead atoms. The molecule has 0 aliphatic rings. The number of ether oxygens (including phenoxy) is 2. The monoisotopic (exact) mass is 280 g/mol. The molecule has 106 valence electrons. The first-order valence-corrected chi connectivity index (χ1v) is 5.35. The van der Waals surface area contributed by atoms with E-state index in [0.29, 0.717) is 4.57 Å². The predicted octanol–water partition coefficient (Wildman–Crippen LogP) is -0.703. The molecule has 20 heavy (non-hydrogen) atoms. The number of nitrogens with zero attached hydrogens (tertiary/aromatic N) is 2. The molecule has 1 aromatic rings. The number of carbonyl (C=O) groups excluding carboxylic acids is 2. The van der Waals surface area contributed by atoms with E-state index in [9.17, 15) is 19.2 Å². The van der Waals surface area contributed by atoms with Crippen LogP contribution in [0.25, 0.3) is 12.4 Å². The lowest BCUT2D eigenvalue weighted by molar-refractivity contribution is -0.135. The molecule has 0 aliphatic carbocycles. The predicted molar refractivity (Wildman–Crippen MR) is 69.7 cm³/mol. The summed E-state index contributed by atoms with van der Waals surface area (Å²) in [6, 6.07) is 1.10. The summed E-state index contributed by atoms with van der Waals surface area (Å²) >= 11 is 0. The summed E-state index contributed by atoms with van der Waals surface area (Å²) < 4.78 is 10.4. The second kappa shape index (κ2) is 6.88.